The normalized spacial score (nSPS) is 26.7. The zero-order valence-electron chi connectivity index (χ0n) is 18.3. The van der Waals surface area contributed by atoms with Gasteiger partial charge in [0.1, 0.15) is 5.56 Å². The van der Waals surface area contributed by atoms with E-state index in [9.17, 15) is 14.0 Å². The number of ether oxygens (including phenoxy) is 2. The average molecular weight is 448 g/mol. The molecule has 2 fully saturated rings. The van der Waals surface area contributed by atoms with Gasteiger partial charge in [-0.15, -0.1) is 5.10 Å². The second kappa shape index (κ2) is 9.37. The maximum atomic E-state index is 13.4. The van der Waals surface area contributed by atoms with Gasteiger partial charge in [-0.1, -0.05) is 0 Å². The first-order valence-electron chi connectivity index (χ1n) is 10.9. The molecule has 2 aromatic rings. The minimum Gasteiger partial charge on any atom is -0.469 e. The smallest absolute Gasteiger partial charge is 0.308 e. The number of hydrogen-bond acceptors (Lipinski definition) is 8. The molecule has 1 saturated heterocycles. The minimum absolute atomic E-state index is 0.0108. The number of carbonyl (C=O) groups is 2. The number of fused-ring (bicyclic) bond motifs is 1. The van der Waals surface area contributed by atoms with Crippen molar-refractivity contribution in [2.75, 3.05) is 33.0 Å². The molecular weight excluding hydrogens is 419 g/mol. The molecule has 1 aliphatic heterocycles. The van der Waals surface area contributed by atoms with E-state index in [2.05, 4.69) is 20.3 Å². The molecule has 174 valence electrons. The fourth-order valence-electron chi connectivity index (χ4n) is 4.63. The van der Waals surface area contributed by atoms with Crippen molar-refractivity contribution in [3.05, 3.63) is 23.8 Å². The summed E-state index contributed by atoms with van der Waals surface area (Å²) >= 11 is 0. The first kappa shape index (κ1) is 22.4. The van der Waals surface area contributed by atoms with E-state index in [0.717, 1.165) is 51.0 Å². The van der Waals surface area contributed by atoms with Crippen molar-refractivity contribution in [1.29, 1.82) is 0 Å². The molecule has 2 atom stereocenters. The molecule has 1 amide bonds. The molecule has 0 aromatic carbocycles. The Kier molecular flexibility index (Phi) is 6.56. The largest absolute Gasteiger partial charge is 0.469 e. The third-order valence-corrected chi connectivity index (χ3v) is 6.34. The summed E-state index contributed by atoms with van der Waals surface area (Å²) in [6.45, 7) is 1.48. The first-order valence-corrected chi connectivity index (χ1v) is 10.9. The van der Waals surface area contributed by atoms with Gasteiger partial charge in [0.2, 0.25) is 0 Å². The Hall–Kier alpha value is -2.79. The minimum atomic E-state index is -0.573. The van der Waals surface area contributed by atoms with Gasteiger partial charge < -0.3 is 25.4 Å². The lowest BCUT2D eigenvalue weighted by Gasteiger charge is -2.39. The highest BCUT2D eigenvalue weighted by atomic mass is 19.1. The van der Waals surface area contributed by atoms with Gasteiger partial charge in [-0.05, 0) is 39.2 Å². The number of nitrogens with one attached hydrogen (secondary N) is 1. The van der Waals surface area contributed by atoms with Crippen molar-refractivity contribution in [1.82, 2.24) is 24.8 Å². The number of nitrogens with two attached hydrogens (primary N) is 1. The van der Waals surface area contributed by atoms with Crippen LogP contribution in [-0.4, -0.2) is 76.9 Å². The Morgan fingerprint density at radius 3 is 2.72 bits per heavy atom. The molecule has 2 unspecified atom stereocenters. The summed E-state index contributed by atoms with van der Waals surface area (Å²) in [5.41, 5.74) is 6.25. The number of likely N-dealkylation sites (N-methyl/N-ethyl adjacent to an activating group) is 1. The van der Waals surface area contributed by atoms with E-state index in [4.69, 9.17) is 15.2 Å². The Morgan fingerprint density at radius 2 is 2.00 bits per heavy atom. The summed E-state index contributed by atoms with van der Waals surface area (Å²) in [5.74, 6) is -1.23. The summed E-state index contributed by atoms with van der Waals surface area (Å²) in [4.78, 5) is 31.0. The quantitative estimate of drug-likeness (QED) is 0.650. The van der Waals surface area contributed by atoms with Crippen LogP contribution in [0.15, 0.2) is 12.4 Å². The number of rotatable bonds is 5. The van der Waals surface area contributed by atoms with Crippen molar-refractivity contribution >= 4 is 23.3 Å². The number of esters is 1. The Labute approximate surface area is 185 Å². The van der Waals surface area contributed by atoms with E-state index in [-0.39, 0.29) is 47.2 Å². The molecular formula is C21H29FN6O4. The number of piperidine rings is 1. The predicted octanol–water partition coefficient (Wildman–Crippen LogP) is 1.00. The lowest BCUT2D eigenvalue weighted by atomic mass is 9.87. The van der Waals surface area contributed by atoms with Crippen LogP contribution in [-0.2, 0) is 14.3 Å². The van der Waals surface area contributed by atoms with E-state index in [1.54, 1.807) is 0 Å². The highest BCUT2D eigenvalue weighted by Crippen LogP contribution is 2.29. The topological polar surface area (TPSA) is 124 Å². The third kappa shape index (κ3) is 4.68. The van der Waals surface area contributed by atoms with Gasteiger partial charge in [0, 0.05) is 13.1 Å². The van der Waals surface area contributed by atoms with Gasteiger partial charge in [-0.25, -0.2) is 13.9 Å². The molecule has 2 aliphatic rings. The molecule has 1 aliphatic carbocycles. The Morgan fingerprint density at radius 1 is 1.25 bits per heavy atom. The summed E-state index contributed by atoms with van der Waals surface area (Å²) in [6.07, 6.45) is 5.83. The number of anilines is 1. The van der Waals surface area contributed by atoms with E-state index in [1.165, 1.54) is 11.6 Å². The second-order valence-corrected chi connectivity index (χ2v) is 8.60. The number of hydrogen-bond donors (Lipinski definition) is 2. The van der Waals surface area contributed by atoms with Gasteiger partial charge in [-0.3, -0.25) is 9.59 Å². The molecule has 4 rings (SSSR count). The summed E-state index contributed by atoms with van der Waals surface area (Å²) in [5, 5.41) is 7.02. The number of halogens is 1. The Bertz CT molecular complexity index is 990. The van der Waals surface area contributed by atoms with Gasteiger partial charge in [-0.2, -0.15) is 0 Å². The number of likely N-dealkylation sites (tertiary alicyclic amines) is 1. The predicted molar refractivity (Wildman–Crippen MR) is 113 cm³/mol. The third-order valence-electron chi connectivity index (χ3n) is 6.34. The maximum Gasteiger partial charge on any atom is 0.308 e. The van der Waals surface area contributed by atoms with Gasteiger partial charge in [0.15, 0.2) is 17.3 Å². The number of carbonyl (C=O) groups excluding carboxylic acids is 2. The second-order valence-electron chi connectivity index (χ2n) is 8.60. The fraction of sp³-hybridized carbons (Fsp3) is 0.619. The lowest BCUT2D eigenvalue weighted by Crippen LogP contribution is -2.56. The van der Waals surface area contributed by atoms with Crippen LogP contribution in [0.25, 0.3) is 5.65 Å². The molecule has 11 heteroatoms. The van der Waals surface area contributed by atoms with Crippen molar-refractivity contribution in [2.45, 2.75) is 50.4 Å². The van der Waals surface area contributed by atoms with E-state index in [1.807, 2.05) is 7.05 Å². The molecule has 3 heterocycles. The molecule has 1 saturated carbocycles. The number of aromatic nitrogens is 3. The molecule has 0 radical (unpaired) electrons. The van der Waals surface area contributed by atoms with Gasteiger partial charge in [0.25, 0.3) is 5.91 Å². The Balaban J connectivity index is 1.44. The lowest BCUT2D eigenvalue weighted by molar-refractivity contribution is -0.148. The standard InChI is InChI=1S/C21H29FN6O4/c1-27-8-7-16(32-14-5-3-12(4-6-14)21(30)31-2)15(11-27)25-20(29)17-18(23)26-28-10-13(22)9-24-19(17)28/h9-10,12,14-16H,3-8,11H2,1-2H3,(H2,23,26)(H,25,29). The molecule has 10 nitrogen and oxygen atoms in total. The number of methoxy groups -OCH3 is 1. The van der Waals surface area contributed by atoms with Gasteiger partial charge in [0.05, 0.1) is 43.7 Å². The average Bonchev–Trinajstić information content (AvgIpc) is 3.10. The summed E-state index contributed by atoms with van der Waals surface area (Å²) in [6, 6.07) is -0.255. The molecule has 3 N–H and O–H groups in total. The number of nitrogen functional groups attached to an aromatic ring is 1. The summed E-state index contributed by atoms with van der Waals surface area (Å²) in [7, 11) is 3.41. The van der Waals surface area contributed by atoms with Crippen LogP contribution in [0.1, 0.15) is 42.5 Å². The number of amides is 1. The van der Waals surface area contributed by atoms with Crippen LogP contribution < -0.4 is 11.1 Å². The van der Waals surface area contributed by atoms with Gasteiger partial charge >= 0.3 is 5.97 Å². The van der Waals surface area contributed by atoms with E-state index >= 15 is 0 Å². The zero-order chi connectivity index (χ0) is 22.8. The van der Waals surface area contributed by atoms with Crippen LogP contribution >= 0.6 is 0 Å². The highest BCUT2D eigenvalue weighted by Gasteiger charge is 2.35. The van der Waals surface area contributed by atoms with Crippen LogP contribution in [0.5, 0.6) is 0 Å². The van der Waals surface area contributed by atoms with Crippen molar-refractivity contribution in [2.24, 2.45) is 5.92 Å². The molecule has 32 heavy (non-hydrogen) atoms. The van der Waals surface area contributed by atoms with Crippen molar-refractivity contribution in [3.8, 4) is 0 Å². The highest BCUT2D eigenvalue weighted by molar-refractivity contribution is 6.04. The zero-order valence-corrected chi connectivity index (χ0v) is 18.3. The fourth-order valence-corrected chi connectivity index (χ4v) is 4.63. The van der Waals surface area contributed by atoms with Crippen LogP contribution in [0.4, 0.5) is 10.2 Å². The maximum absolute atomic E-state index is 13.4. The van der Waals surface area contributed by atoms with Crippen LogP contribution in [0.2, 0.25) is 0 Å². The molecule has 0 bridgehead atoms. The van der Waals surface area contributed by atoms with E-state index < -0.39 is 11.7 Å². The molecule has 2 aromatic heterocycles. The van der Waals surface area contributed by atoms with Crippen LogP contribution in [0, 0.1) is 11.7 Å². The monoisotopic (exact) mass is 448 g/mol. The van der Waals surface area contributed by atoms with E-state index in [0.29, 0.717) is 6.54 Å². The SMILES string of the molecule is COC(=O)C1CCC(OC2CCN(C)CC2NC(=O)c2c(N)nn3cc(F)cnc23)CC1. The van der Waals surface area contributed by atoms with Crippen molar-refractivity contribution in [3.63, 3.8) is 0 Å². The van der Waals surface area contributed by atoms with Crippen molar-refractivity contribution < 1.29 is 23.5 Å². The first-order chi connectivity index (χ1) is 15.4. The number of nitrogens with zero attached hydrogens (tertiary/aromatic N) is 4. The molecule has 0 spiro atoms. The summed E-state index contributed by atoms with van der Waals surface area (Å²) < 4.78 is 25.9. The van der Waals surface area contributed by atoms with Crippen LogP contribution in [0.3, 0.4) is 0 Å².